The molecular weight excluding hydrogens is 696 g/mol. The molecular formula is C42H68O12. The summed E-state index contributed by atoms with van der Waals surface area (Å²) in [6.45, 7) is 17.9. The van der Waals surface area contributed by atoms with E-state index in [2.05, 4.69) is 27.0 Å². The quantitative estimate of drug-likeness (QED) is 0.0964. The molecule has 308 valence electrons. The Hall–Kier alpha value is -1.42. The van der Waals surface area contributed by atoms with Gasteiger partial charge in [-0.2, -0.15) is 0 Å². The first kappa shape index (κ1) is 42.2. The molecule has 7 unspecified atom stereocenters. The molecule has 6 rings (SSSR count). The van der Waals surface area contributed by atoms with E-state index in [4.69, 9.17) is 42.6 Å². The van der Waals surface area contributed by atoms with Gasteiger partial charge in [-0.1, -0.05) is 33.9 Å². The van der Waals surface area contributed by atoms with Gasteiger partial charge < -0.3 is 58.0 Å². The van der Waals surface area contributed by atoms with Gasteiger partial charge in [0.1, 0.15) is 24.4 Å². The summed E-state index contributed by atoms with van der Waals surface area (Å²) in [5.41, 5.74) is 1.39. The molecule has 6 heterocycles. The molecule has 6 aliphatic rings. The van der Waals surface area contributed by atoms with Crippen LogP contribution < -0.4 is 0 Å². The summed E-state index contributed by atoms with van der Waals surface area (Å²) in [7, 11) is 1.64. The largest absolute Gasteiger partial charge is 0.493 e. The Morgan fingerprint density at radius 3 is 2.50 bits per heavy atom. The number of aliphatic hydroxyl groups is 3. The summed E-state index contributed by atoms with van der Waals surface area (Å²) in [6.07, 6.45) is 7.24. The summed E-state index contributed by atoms with van der Waals surface area (Å²) in [5, 5.41) is 30.6. The number of aliphatic hydroxyl groups excluding tert-OH is 3. The van der Waals surface area contributed by atoms with Crippen LogP contribution in [0.1, 0.15) is 91.9 Å². The molecule has 16 atom stereocenters. The predicted molar refractivity (Wildman–Crippen MR) is 201 cm³/mol. The van der Waals surface area contributed by atoms with E-state index < -0.39 is 23.9 Å². The Labute approximate surface area is 322 Å². The molecule has 6 saturated heterocycles. The smallest absolute Gasteiger partial charge is 0.155 e. The molecule has 0 aromatic heterocycles. The maximum absolute atomic E-state index is 10.9. The summed E-state index contributed by atoms with van der Waals surface area (Å²) >= 11 is 0. The minimum absolute atomic E-state index is 0.00166. The van der Waals surface area contributed by atoms with Gasteiger partial charge in [0.05, 0.1) is 73.4 Å². The van der Waals surface area contributed by atoms with Crippen molar-refractivity contribution < 1.29 is 58.0 Å². The molecule has 12 heteroatoms. The van der Waals surface area contributed by atoms with Crippen molar-refractivity contribution in [2.24, 2.45) is 11.8 Å². The van der Waals surface area contributed by atoms with Gasteiger partial charge >= 0.3 is 0 Å². The fourth-order valence-electron chi connectivity index (χ4n) is 9.61. The lowest BCUT2D eigenvalue weighted by Gasteiger charge is -2.53. The lowest BCUT2D eigenvalue weighted by molar-refractivity contribution is -0.301. The molecule has 3 N–H and O–H groups in total. The van der Waals surface area contributed by atoms with Gasteiger partial charge in [-0.15, -0.1) is 0 Å². The standard InChI is InChI=1S/C42H68O12/c1-8-32-25(4)20-29(50-32)10-9-16-48-40-38-39(37-33(53-38)14-19-49-37)54-42(6)15-11-28(51-41(40)42)12-17-47-18-13-30-34(22-31(45)26(5)24(2)3)52-35(36(30)46-7)21-27(44)23-43/h9,16,24,27-41,43-45H,4-5,8,10-15,17-23H2,1-3,6-7H3/b16-9-/t27?,28?,29-,30?,31+,32?,33+,34?,35+,36+,37?,38?,39-,40+,41+,42-/m0/s1. The van der Waals surface area contributed by atoms with Gasteiger partial charge in [-0.25, -0.2) is 0 Å². The van der Waals surface area contributed by atoms with E-state index in [1.54, 1.807) is 13.4 Å². The van der Waals surface area contributed by atoms with E-state index in [9.17, 15) is 15.3 Å². The highest BCUT2D eigenvalue weighted by Crippen LogP contribution is 2.48. The number of hydrogen-bond acceptors (Lipinski definition) is 12. The van der Waals surface area contributed by atoms with Gasteiger partial charge in [-0.3, -0.25) is 0 Å². The van der Waals surface area contributed by atoms with Crippen LogP contribution in [-0.2, 0) is 42.6 Å². The number of ether oxygens (including phenoxy) is 9. The highest BCUT2D eigenvalue weighted by molar-refractivity contribution is 5.12. The molecule has 0 aromatic carbocycles. The van der Waals surface area contributed by atoms with Crippen LogP contribution in [0.5, 0.6) is 0 Å². The van der Waals surface area contributed by atoms with Crippen molar-refractivity contribution >= 4 is 0 Å². The normalized spacial score (nSPS) is 41.6. The van der Waals surface area contributed by atoms with E-state index in [1.807, 2.05) is 19.9 Å². The lowest BCUT2D eigenvalue weighted by Crippen LogP contribution is -2.67. The Balaban J connectivity index is 1.04. The number of fused-ring (bicyclic) bond motifs is 4. The molecule has 0 bridgehead atoms. The maximum atomic E-state index is 10.9. The summed E-state index contributed by atoms with van der Waals surface area (Å²) in [4.78, 5) is 0. The van der Waals surface area contributed by atoms with Crippen LogP contribution in [0, 0.1) is 11.8 Å². The van der Waals surface area contributed by atoms with Gasteiger partial charge in [0.25, 0.3) is 0 Å². The van der Waals surface area contributed by atoms with Gasteiger partial charge in [0.2, 0.25) is 0 Å². The minimum atomic E-state index is -0.910. The Morgan fingerprint density at radius 1 is 0.981 bits per heavy atom. The number of hydrogen-bond donors (Lipinski definition) is 3. The summed E-state index contributed by atoms with van der Waals surface area (Å²) in [6, 6.07) is 0. The van der Waals surface area contributed by atoms with Crippen molar-refractivity contribution in [3.63, 3.8) is 0 Å². The maximum Gasteiger partial charge on any atom is 0.155 e. The molecule has 12 nitrogen and oxygen atoms in total. The zero-order chi connectivity index (χ0) is 38.6. The zero-order valence-electron chi connectivity index (χ0n) is 33.2. The second kappa shape index (κ2) is 18.9. The first-order valence-corrected chi connectivity index (χ1v) is 20.6. The molecule has 0 radical (unpaired) electrons. The fourth-order valence-corrected chi connectivity index (χ4v) is 9.61. The first-order valence-electron chi connectivity index (χ1n) is 20.6. The highest BCUT2D eigenvalue weighted by atomic mass is 16.7. The molecule has 0 spiro atoms. The third-order valence-corrected chi connectivity index (χ3v) is 12.8. The van der Waals surface area contributed by atoms with Crippen molar-refractivity contribution in [1.82, 2.24) is 0 Å². The number of methoxy groups -OCH3 is 1. The van der Waals surface area contributed by atoms with E-state index in [-0.39, 0.29) is 92.0 Å². The minimum Gasteiger partial charge on any atom is -0.493 e. The van der Waals surface area contributed by atoms with Crippen LogP contribution in [0.25, 0.3) is 0 Å². The van der Waals surface area contributed by atoms with Crippen LogP contribution in [0.3, 0.4) is 0 Å². The average molecular weight is 765 g/mol. The van der Waals surface area contributed by atoms with Crippen LogP contribution in [0.2, 0.25) is 0 Å². The topological polar surface area (TPSA) is 144 Å². The van der Waals surface area contributed by atoms with Gasteiger partial charge in [0.15, 0.2) is 6.10 Å². The van der Waals surface area contributed by atoms with E-state index in [0.717, 1.165) is 50.5 Å². The summed E-state index contributed by atoms with van der Waals surface area (Å²) < 4.78 is 57.6. The Bertz CT molecular complexity index is 1260. The van der Waals surface area contributed by atoms with Crippen molar-refractivity contribution in [2.45, 2.75) is 183 Å². The van der Waals surface area contributed by atoms with E-state index in [1.165, 1.54) is 5.57 Å². The van der Waals surface area contributed by atoms with Crippen molar-refractivity contribution in [3.8, 4) is 0 Å². The van der Waals surface area contributed by atoms with Crippen molar-refractivity contribution in [2.75, 3.05) is 33.5 Å². The molecule has 6 aliphatic heterocycles. The lowest BCUT2D eigenvalue weighted by atomic mass is 9.79. The third-order valence-electron chi connectivity index (χ3n) is 12.8. The van der Waals surface area contributed by atoms with Crippen LogP contribution in [-0.4, -0.2) is 140 Å². The second-order valence-corrected chi connectivity index (χ2v) is 16.9. The van der Waals surface area contributed by atoms with E-state index >= 15 is 0 Å². The SMILES string of the molecule is C=C1C[C@H](C/C=C\O[C@@H]2C3O[C@@H]4CCOC4[C@@H]3O[C@@]3(C)CCC(CCOCCC4C(C[C@@H](O)C(=C)C(C)C)O[C@H](CC(O)CO)[C@@H]4OC)O[C@H]23)OC1CC. The Kier molecular flexibility index (Phi) is 14.8. The summed E-state index contributed by atoms with van der Waals surface area (Å²) in [5.74, 6) is 0.0757. The van der Waals surface area contributed by atoms with Gasteiger partial charge in [0, 0.05) is 45.7 Å². The molecule has 0 aromatic rings. The molecule has 0 aliphatic carbocycles. The molecule has 54 heavy (non-hydrogen) atoms. The van der Waals surface area contributed by atoms with Crippen molar-refractivity contribution in [1.29, 1.82) is 0 Å². The fraction of sp³-hybridized carbons (Fsp3) is 0.857. The predicted octanol–water partition coefficient (Wildman–Crippen LogP) is 4.56. The molecule has 0 amide bonds. The average Bonchev–Trinajstić information content (AvgIpc) is 3.92. The number of rotatable bonds is 19. The molecule has 6 fully saturated rings. The van der Waals surface area contributed by atoms with Crippen LogP contribution >= 0.6 is 0 Å². The third kappa shape index (κ3) is 9.47. The van der Waals surface area contributed by atoms with Gasteiger partial charge in [-0.05, 0) is 81.4 Å². The molecule has 0 saturated carbocycles. The zero-order valence-corrected chi connectivity index (χ0v) is 33.2. The van der Waals surface area contributed by atoms with Crippen LogP contribution in [0.15, 0.2) is 36.6 Å². The van der Waals surface area contributed by atoms with Crippen LogP contribution in [0.4, 0.5) is 0 Å². The van der Waals surface area contributed by atoms with Crippen molar-refractivity contribution in [3.05, 3.63) is 36.6 Å². The Morgan fingerprint density at radius 2 is 1.78 bits per heavy atom. The van der Waals surface area contributed by atoms with E-state index in [0.29, 0.717) is 32.7 Å². The second-order valence-electron chi connectivity index (χ2n) is 16.9. The monoisotopic (exact) mass is 764 g/mol. The highest BCUT2D eigenvalue weighted by Gasteiger charge is 2.63. The first-order chi connectivity index (χ1) is 26.0.